The number of hydrogen-bond donors (Lipinski definition) is 2. The van der Waals surface area contributed by atoms with Gasteiger partial charge >= 0.3 is 6.09 Å². The van der Waals surface area contributed by atoms with E-state index in [2.05, 4.69) is 15.3 Å². The smallest absolute Gasteiger partial charge is 0.437 e. The van der Waals surface area contributed by atoms with Crippen LogP contribution < -0.4 is 10.5 Å². The molecule has 1 aromatic carbocycles. The van der Waals surface area contributed by atoms with Crippen LogP contribution in [0.4, 0.5) is 20.6 Å². The molecule has 0 bridgehead atoms. The number of hydrogen-bond acceptors (Lipinski definition) is 6. The average Bonchev–Trinajstić information content (AvgIpc) is 2.37. The highest BCUT2D eigenvalue weighted by Crippen LogP contribution is 2.22. The van der Waals surface area contributed by atoms with Gasteiger partial charge < -0.3 is 10.4 Å². The summed E-state index contributed by atoms with van der Waals surface area (Å²) in [5.41, 5.74) is -0.605. The molecule has 7 nitrogen and oxygen atoms in total. The summed E-state index contributed by atoms with van der Waals surface area (Å²) in [5.74, 6) is -0.941. The fraction of sp³-hybridized carbons (Fsp3) is 0.200. The van der Waals surface area contributed by atoms with Crippen molar-refractivity contribution in [3.63, 3.8) is 0 Å². The van der Waals surface area contributed by atoms with Crippen molar-refractivity contribution >= 4 is 34.2 Å². The zero-order chi connectivity index (χ0) is 14.4. The number of nitrogens with zero attached hydrogens (tertiary/aromatic N) is 2. The highest BCUT2D eigenvalue weighted by atomic mass is 35.5. The largest absolute Gasteiger partial charge is 0.733 e. The number of rotatable bonds is 4. The number of amides is 1. The fourth-order valence-corrected chi connectivity index (χ4v) is 1.07. The maximum absolute atomic E-state index is 13.1. The second kappa shape index (κ2) is 6.88. The monoisotopic (exact) mass is 290 g/mol. The lowest BCUT2D eigenvalue weighted by molar-refractivity contribution is 0.166. The third kappa shape index (κ3) is 4.70. The molecule has 1 rings (SSSR count). The van der Waals surface area contributed by atoms with Crippen LogP contribution in [0.25, 0.3) is 0 Å². The summed E-state index contributed by atoms with van der Waals surface area (Å²) < 4.78 is 13.1. The van der Waals surface area contributed by atoms with Crippen LogP contribution in [0.3, 0.4) is 0 Å². The van der Waals surface area contributed by atoms with Gasteiger partial charge in [0.2, 0.25) is 0 Å². The van der Waals surface area contributed by atoms with E-state index in [1.165, 1.54) is 6.07 Å². The maximum atomic E-state index is 13.1. The third-order valence-corrected chi connectivity index (χ3v) is 2.25. The number of carbonyl (C=O) groups excluding carboxylic acids is 1. The summed E-state index contributed by atoms with van der Waals surface area (Å²) >= 11 is 5.51. The van der Waals surface area contributed by atoms with Crippen LogP contribution in [0.5, 0.6) is 0 Å². The van der Waals surface area contributed by atoms with Crippen molar-refractivity contribution in [1.82, 2.24) is 0 Å². The van der Waals surface area contributed by atoms with Crippen LogP contribution in [-0.2, 0) is 4.84 Å². The Morgan fingerprint density at radius 2 is 2.37 bits per heavy atom. The zero-order valence-electron chi connectivity index (χ0n) is 9.76. The van der Waals surface area contributed by atoms with E-state index < -0.39 is 22.8 Å². The van der Waals surface area contributed by atoms with Crippen molar-refractivity contribution in [2.45, 2.75) is 13.3 Å². The van der Waals surface area contributed by atoms with Gasteiger partial charge in [0.05, 0.1) is 5.69 Å². The van der Waals surface area contributed by atoms with E-state index >= 15 is 0 Å². The number of halogens is 2. The van der Waals surface area contributed by atoms with E-state index in [0.717, 1.165) is 12.1 Å². The first kappa shape index (κ1) is 15.2. The molecule has 2 N–H and O–H groups in total. The van der Waals surface area contributed by atoms with Crippen molar-refractivity contribution in [2.24, 2.45) is 5.16 Å². The molecule has 0 spiro atoms. The Labute approximate surface area is 112 Å². The topological polar surface area (TPSA) is 97.2 Å². The molecule has 0 saturated carbocycles. The molecule has 0 radical (unpaired) electrons. The van der Waals surface area contributed by atoms with E-state index in [0.29, 0.717) is 6.42 Å². The molecule has 9 heteroatoms. The van der Waals surface area contributed by atoms with E-state index in [-0.39, 0.29) is 10.9 Å². The van der Waals surface area contributed by atoms with Crippen molar-refractivity contribution in [3.8, 4) is 0 Å². The molecule has 0 unspecified atom stereocenters. The van der Waals surface area contributed by atoms with Gasteiger partial charge in [-0.2, -0.15) is 0 Å². The van der Waals surface area contributed by atoms with Gasteiger partial charge in [-0.25, -0.2) is 9.18 Å². The van der Waals surface area contributed by atoms with Crippen LogP contribution in [0.15, 0.2) is 23.4 Å². The van der Waals surface area contributed by atoms with E-state index in [4.69, 9.17) is 16.8 Å². The standard InChI is InChI=1S/C10H10ClFN3O4/c1-2-9(11)14-19-10(16)13-6-3-4-7(12)8(5-6)15(17)18/h3-5,17H,2H2,1H3,(H,13,16)/q-1/b14-9+. The minimum Gasteiger partial charge on any atom is -0.733 e. The lowest BCUT2D eigenvalue weighted by Gasteiger charge is -2.22. The minimum absolute atomic E-state index is 0.0409. The lowest BCUT2D eigenvalue weighted by atomic mass is 10.2. The summed E-state index contributed by atoms with van der Waals surface area (Å²) in [4.78, 5) is 15.6. The molecule has 0 aliphatic heterocycles. The molecule has 0 atom stereocenters. The molecule has 0 aliphatic carbocycles. The van der Waals surface area contributed by atoms with Crippen molar-refractivity contribution in [2.75, 3.05) is 10.5 Å². The normalized spacial score (nSPS) is 11.1. The maximum Gasteiger partial charge on any atom is 0.437 e. The summed E-state index contributed by atoms with van der Waals surface area (Å²) in [6.07, 6.45) is -0.579. The Morgan fingerprint density at radius 1 is 1.68 bits per heavy atom. The van der Waals surface area contributed by atoms with E-state index in [9.17, 15) is 14.4 Å². The molecule has 0 fully saturated rings. The number of carbonyl (C=O) groups is 1. The summed E-state index contributed by atoms with van der Waals surface area (Å²) in [6, 6.07) is 3.00. The Bertz CT molecular complexity index is 496. The van der Waals surface area contributed by atoms with Gasteiger partial charge in [0.1, 0.15) is 11.0 Å². The average molecular weight is 291 g/mol. The van der Waals surface area contributed by atoms with Crippen LogP contribution in [0.2, 0.25) is 0 Å². The van der Waals surface area contributed by atoms with Crippen molar-refractivity contribution < 1.29 is 19.2 Å². The van der Waals surface area contributed by atoms with Gasteiger partial charge in [0.15, 0.2) is 0 Å². The lowest BCUT2D eigenvalue weighted by Crippen LogP contribution is -2.13. The second-order valence-electron chi connectivity index (χ2n) is 3.26. The fourth-order valence-electron chi connectivity index (χ4n) is 1.03. The summed E-state index contributed by atoms with van der Waals surface area (Å²) in [5, 5.41) is 24.1. The Morgan fingerprint density at radius 3 is 2.95 bits per heavy atom. The number of oxime groups is 1. The molecule has 0 saturated heterocycles. The van der Waals surface area contributed by atoms with Gasteiger partial charge in [-0.1, -0.05) is 23.7 Å². The molecule has 1 aromatic rings. The highest BCUT2D eigenvalue weighted by molar-refractivity contribution is 6.65. The van der Waals surface area contributed by atoms with Crippen LogP contribution in [-0.4, -0.2) is 16.5 Å². The molecule has 0 aromatic heterocycles. The highest BCUT2D eigenvalue weighted by Gasteiger charge is 2.08. The predicted molar refractivity (Wildman–Crippen MR) is 67.7 cm³/mol. The Kier molecular flexibility index (Phi) is 5.49. The van der Waals surface area contributed by atoms with Crippen molar-refractivity contribution in [1.29, 1.82) is 0 Å². The Hall–Kier alpha value is -1.90. The first-order valence-electron chi connectivity index (χ1n) is 5.10. The minimum atomic E-state index is -0.973. The SMILES string of the molecule is CC/C(Cl)=N\OC(=O)Nc1ccc(F)c(N([O-])O)c1. The summed E-state index contributed by atoms with van der Waals surface area (Å²) in [6.45, 7) is 1.71. The molecule has 0 aliphatic rings. The van der Waals surface area contributed by atoms with Gasteiger partial charge in [0, 0.05) is 12.1 Å². The first-order chi connectivity index (χ1) is 8.93. The van der Waals surface area contributed by atoms with Gasteiger partial charge in [-0.3, -0.25) is 15.4 Å². The predicted octanol–water partition coefficient (Wildman–Crippen LogP) is 3.03. The van der Waals surface area contributed by atoms with E-state index in [1.54, 1.807) is 6.92 Å². The molecule has 104 valence electrons. The third-order valence-electron chi connectivity index (χ3n) is 1.92. The van der Waals surface area contributed by atoms with E-state index in [1.807, 2.05) is 0 Å². The van der Waals surface area contributed by atoms with Crippen LogP contribution in [0.1, 0.15) is 13.3 Å². The molecule has 19 heavy (non-hydrogen) atoms. The number of anilines is 2. The summed E-state index contributed by atoms with van der Waals surface area (Å²) in [7, 11) is 0. The second-order valence-corrected chi connectivity index (χ2v) is 3.70. The molecule has 0 heterocycles. The quantitative estimate of drug-likeness (QED) is 0.504. The zero-order valence-corrected chi connectivity index (χ0v) is 10.5. The molecular weight excluding hydrogens is 281 g/mol. The van der Waals surface area contributed by atoms with Gasteiger partial charge in [-0.15, -0.1) is 0 Å². The number of benzene rings is 1. The molecular formula is C10H10ClFN3O4-. The Balaban J connectivity index is 2.72. The van der Waals surface area contributed by atoms with Crippen LogP contribution in [0, 0.1) is 11.0 Å². The molecule has 1 amide bonds. The van der Waals surface area contributed by atoms with Crippen LogP contribution >= 0.6 is 11.6 Å². The van der Waals surface area contributed by atoms with Gasteiger partial charge in [-0.05, 0) is 18.2 Å². The van der Waals surface area contributed by atoms with Gasteiger partial charge in [0.25, 0.3) is 0 Å². The first-order valence-corrected chi connectivity index (χ1v) is 5.48. The van der Waals surface area contributed by atoms with Crippen molar-refractivity contribution in [3.05, 3.63) is 29.2 Å². The number of nitrogens with one attached hydrogen (secondary N) is 1.